The van der Waals surface area contributed by atoms with E-state index in [1.165, 1.54) is 12.0 Å². The highest BCUT2D eigenvalue weighted by Crippen LogP contribution is 2.19. The van der Waals surface area contributed by atoms with Crippen molar-refractivity contribution in [1.29, 1.82) is 0 Å². The molecule has 0 aromatic heterocycles. The maximum Gasteiger partial charge on any atom is 0.409 e. The number of hydrogen-bond acceptors (Lipinski definition) is 4. The summed E-state index contributed by atoms with van der Waals surface area (Å²) in [6, 6.07) is 0. The number of nitrogens with one attached hydrogen (secondary N) is 1. The standard InChI is InChI=1S/C7H13N3O3/c1-13-7(12)10-3-5(4-10)2-6(11)9-8/h5H,2-4,8H2,1H3,(H,9,11). The number of ether oxygens (including phenoxy) is 1. The van der Waals surface area contributed by atoms with Gasteiger partial charge in [0.25, 0.3) is 0 Å². The monoisotopic (exact) mass is 187 g/mol. The maximum absolute atomic E-state index is 10.9. The van der Waals surface area contributed by atoms with Crippen molar-refractivity contribution >= 4 is 12.0 Å². The smallest absolute Gasteiger partial charge is 0.409 e. The van der Waals surface area contributed by atoms with Gasteiger partial charge in [-0.3, -0.25) is 10.2 Å². The number of methoxy groups -OCH3 is 1. The molecule has 1 fully saturated rings. The molecule has 1 saturated heterocycles. The molecule has 0 unspecified atom stereocenters. The number of nitrogens with zero attached hydrogens (tertiary/aromatic N) is 1. The number of hydrazine groups is 1. The minimum absolute atomic E-state index is 0.200. The predicted molar refractivity (Wildman–Crippen MR) is 44.4 cm³/mol. The summed E-state index contributed by atoms with van der Waals surface area (Å²) < 4.78 is 4.50. The van der Waals surface area contributed by atoms with Crippen LogP contribution in [0.1, 0.15) is 6.42 Å². The lowest BCUT2D eigenvalue weighted by Crippen LogP contribution is -2.51. The van der Waals surface area contributed by atoms with Crippen LogP contribution in [0.2, 0.25) is 0 Å². The van der Waals surface area contributed by atoms with E-state index < -0.39 is 0 Å². The van der Waals surface area contributed by atoms with Crippen LogP contribution in [-0.4, -0.2) is 37.1 Å². The van der Waals surface area contributed by atoms with Gasteiger partial charge >= 0.3 is 6.09 Å². The Balaban J connectivity index is 2.18. The summed E-state index contributed by atoms with van der Waals surface area (Å²) in [5, 5.41) is 0. The fourth-order valence-electron chi connectivity index (χ4n) is 1.30. The van der Waals surface area contributed by atoms with Gasteiger partial charge in [-0.15, -0.1) is 0 Å². The number of carbonyl (C=O) groups excluding carboxylic acids is 2. The maximum atomic E-state index is 10.9. The van der Waals surface area contributed by atoms with Crippen LogP contribution in [0, 0.1) is 5.92 Å². The van der Waals surface area contributed by atoms with Gasteiger partial charge in [0, 0.05) is 25.4 Å². The average molecular weight is 187 g/mol. The van der Waals surface area contributed by atoms with Crippen LogP contribution >= 0.6 is 0 Å². The van der Waals surface area contributed by atoms with Crippen molar-refractivity contribution in [2.75, 3.05) is 20.2 Å². The van der Waals surface area contributed by atoms with E-state index in [0.29, 0.717) is 19.5 Å². The van der Waals surface area contributed by atoms with Crippen molar-refractivity contribution in [3.63, 3.8) is 0 Å². The van der Waals surface area contributed by atoms with E-state index in [-0.39, 0.29) is 17.9 Å². The van der Waals surface area contributed by atoms with E-state index in [4.69, 9.17) is 5.84 Å². The summed E-state index contributed by atoms with van der Waals surface area (Å²) in [7, 11) is 1.34. The van der Waals surface area contributed by atoms with Gasteiger partial charge in [-0.2, -0.15) is 0 Å². The quantitative estimate of drug-likeness (QED) is 0.332. The van der Waals surface area contributed by atoms with Crippen LogP contribution in [0.5, 0.6) is 0 Å². The number of hydrogen-bond donors (Lipinski definition) is 2. The molecule has 0 atom stereocenters. The Bertz CT molecular complexity index is 213. The molecule has 6 nitrogen and oxygen atoms in total. The number of rotatable bonds is 2. The Kier molecular flexibility index (Phi) is 3.07. The summed E-state index contributed by atoms with van der Waals surface area (Å²) in [4.78, 5) is 23.2. The Morgan fingerprint density at radius 2 is 2.23 bits per heavy atom. The number of likely N-dealkylation sites (tertiary alicyclic amines) is 1. The molecule has 0 bridgehead atoms. The largest absolute Gasteiger partial charge is 0.453 e. The second kappa shape index (κ2) is 4.08. The Morgan fingerprint density at radius 1 is 1.62 bits per heavy atom. The summed E-state index contributed by atoms with van der Waals surface area (Å²) in [6.07, 6.45) is 0.0219. The molecular formula is C7H13N3O3. The van der Waals surface area contributed by atoms with Crippen molar-refractivity contribution in [3.05, 3.63) is 0 Å². The molecule has 1 aliphatic heterocycles. The predicted octanol–water partition coefficient (Wildman–Crippen LogP) is -0.935. The third-order valence-electron chi connectivity index (χ3n) is 2.03. The van der Waals surface area contributed by atoms with Crippen LogP contribution in [0.25, 0.3) is 0 Å². The van der Waals surface area contributed by atoms with Gasteiger partial charge < -0.3 is 9.64 Å². The molecule has 6 heteroatoms. The topological polar surface area (TPSA) is 84.7 Å². The molecule has 3 N–H and O–H groups in total. The van der Waals surface area contributed by atoms with Gasteiger partial charge in [0.2, 0.25) is 5.91 Å². The lowest BCUT2D eigenvalue weighted by Gasteiger charge is -2.37. The van der Waals surface area contributed by atoms with Gasteiger partial charge in [0.1, 0.15) is 0 Å². The lowest BCUT2D eigenvalue weighted by molar-refractivity contribution is -0.123. The van der Waals surface area contributed by atoms with Crippen molar-refractivity contribution < 1.29 is 14.3 Å². The highest BCUT2D eigenvalue weighted by molar-refractivity contribution is 5.76. The van der Waals surface area contributed by atoms with E-state index in [0.717, 1.165) is 0 Å². The van der Waals surface area contributed by atoms with Gasteiger partial charge in [-0.05, 0) is 0 Å². The zero-order chi connectivity index (χ0) is 9.84. The molecule has 0 aromatic rings. The first-order chi connectivity index (χ1) is 6.17. The molecule has 0 saturated carbocycles. The first kappa shape index (κ1) is 9.79. The van der Waals surface area contributed by atoms with E-state index in [1.54, 1.807) is 0 Å². The molecule has 2 amide bonds. The summed E-state index contributed by atoms with van der Waals surface area (Å²) in [6.45, 7) is 1.14. The van der Waals surface area contributed by atoms with Gasteiger partial charge in [0.05, 0.1) is 7.11 Å². The van der Waals surface area contributed by atoms with Crippen molar-refractivity contribution in [1.82, 2.24) is 10.3 Å². The molecule has 1 aliphatic rings. The summed E-state index contributed by atoms with van der Waals surface area (Å²) >= 11 is 0. The first-order valence-electron chi connectivity index (χ1n) is 3.99. The molecule has 0 spiro atoms. The molecular weight excluding hydrogens is 174 g/mol. The molecule has 74 valence electrons. The minimum atomic E-state index is -0.343. The van der Waals surface area contributed by atoms with Crippen molar-refractivity contribution in [2.24, 2.45) is 11.8 Å². The Morgan fingerprint density at radius 3 is 2.69 bits per heavy atom. The first-order valence-corrected chi connectivity index (χ1v) is 3.99. The van der Waals surface area contributed by atoms with Crippen LogP contribution in [0.3, 0.4) is 0 Å². The van der Waals surface area contributed by atoms with Crippen LogP contribution in [0.4, 0.5) is 4.79 Å². The summed E-state index contributed by atoms with van der Waals surface area (Å²) in [5.74, 6) is 4.93. The van der Waals surface area contributed by atoms with Crippen molar-refractivity contribution in [2.45, 2.75) is 6.42 Å². The molecule has 1 rings (SSSR count). The summed E-state index contributed by atoms with van der Waals surface area (Å²) in [5.41, 5.74) is 2.05. The van der Waals surface area contributed by atoms with E-state index in [2.05, 4.69) is 4.74 Å². The third kappa shape index (κ3) is 2.32. The van der Waals surface area contributed by atoms with Crippen LogP contribution in [-0.2, 0) is 9.53 Å². The molecule has 0 radical (unpaired) electrons. The highest BCUT2D eigenvalue weighted by Gasteiger charge is 2.32. The van der Waals surface area contributed by atoms with E-state index in [1.807, 2.05) is 5.43 Å². The molecule has 1 heterocycles. The van der Waals surface area contributed by atoms with Gasteiger partial charge in [0.15, 0.2) is 0 Å². The number of amides is 2. The minimum Gasteiger partial charge on any atom is -0.453 e. The van der Waals surface area contributed by atoms with Gasteiger partial charge in [-0.1, -0.05) is 0 Å². The van der Waals surface area contributed by atoms with E-state index >= 15 is 0 Å². The second-order valence-electron chi connectivity index (χ2n) is 3.01. The molecule has 0 aromatic carbocycles. The molecule has 0 aliphatic carbocycles. The normalized spacial score (nSPS) is 16.3. The SMILES string of the molecule is COC(=O)N1CC(CC(=O)NN)C1. The zero-order valence-electron chi connectivity index (χ0n) is 7.45. The van der Waals surface area contributed by atoms with Crippen LogP contribution in [0.15, 0.2) is 0 Å². The van der Waals surface area contributed by atoms with Crippen LogP contribution < -0.4 is 11.3 Å². The number of nitrogens with two attached hydrogens (primary N) is 1. The Labute approximate surface area is 76.0 Å². The molecule has 13 heavy (non-hydrogen) atoms. The average Bonchev–Trinajstić information content (AvgIpc) is 2.08. The Hall–Kier alpha value is -1.30. The zero-order valence-corrected chi connectivity index (χ0v) is 7.45. The number of carbonyl (C=O) groups is 2. The van der Waals surface area contributed by atoms with Crippen molar-refractivity contribution in [3.8, 4) is 0 Å². The highest BCUT2D eigenvalue weighted by atomic mass is 16.5. The third-order valence-corrected chi connectivity index (χ3v) is 2.03. The fraction of sp³-hybridized carbons (Fsp3) is 0.714. The van der Waals surface area contributed by atoms with Gasteiger partial charge in [-0.25, -0.2) is 10.6 Å². The lowest BCUT2D eigenvalue weighted by atomic mass is 9.97. The fourth-order valence-corrected chi connectivity index (χ4v) is 1.30. The van der Waals surface area contributed by atoms with E-state index in [9.17, 15) is 9.59 Å². The second-order valence-corrected chi connectivity index (χ2v) is 3.01.